The summed E-state index contributed by atoms with van der Waals surface area (Å²) in [4.78, 5) is 24.2. The zero-order chi connectivity index (χ0) is 17.9. The van der Waals surface area contributed by atoms with Crippen molar-refractivity contribution >= 4 is 11.9 Å². The van der Waals surface area contributed by atoms with Gasteiger partial charge in [0.25, 0.3) is 5.91 Å². The van der Waals surface area contributed by atoms with E-state index in [0.717, 1.165) is 11.1 Å². The second-order valence-corrected chi connectivity index (χ2v) is 6.14. The topological polar surface area (TPSA) is 66.8 Å². The first-order chi connectivity index (χ1) is 11.2. The summed E-state index contributed by atoms with van der Waals surface area (Å²) < 4.78 is 32.5. The third kappa shape index (κ3) is 4.01. The Hall–Kier alpha value is -2.18. The summed E-state index contributed by atoms with van der Waals surface area (Å²) in [5.74, 6) is -6.76. The highest BCUT2D eigenvalue weighted by molar-refractivity contribution is 5.78. The molecule has 0 bridgehead atoms. The number of ether oxygens (including phenoxy) is 1. The molecule has 0 spiro atoms. The van der Waals surface area contributed by atoms with Crippen LogP contribution in [0.25, 0.3) is 0 Å². The molecule has 2 rings (SSSR count). The van der Waals surface area contributed by atoms with Gasteiger partial charge >= 0.3 is 11.9 Å². The number of carbonyl (C=O) groups is 2. The lowest BCUT2D eigenvalue weighted by Gasteiger charge is -2.34. The molecule has 1 fully saturated rings. The molecule has 1 saturated heterocycles. The second kappa shape index (κ2) is 7.15. The fourth-order valence-corrected chi connectivity index (χ4v) is 2.86. The van der Waals surface area contributed by atoms with Gasteiger partial charge in [0, 0.05) is 19.0 Å². The number of carbonyl (C=O) groups excluding carboxylic acids is 1. The Morgan fingerprint density at radius 3 is 2.46 bits per heavy atom. The number of aryl methyl sites for hydroxylation is 2. The predicted octanol–water partition coefficient (Wildman–Crippen LogP) is 2.64. The van der Waals surface area contributed by atoms with Crippen LogP contribution in [0.5, 0.6) is 5.75 Å². The lowest BCUT2D eigenvalue weighted by atomic mass is 9.90. The standard InChI is InChI=1S/C17H21F2NO4/c1-11-3-4-14(12(2)9-11)24-10-15(21)20-7-5-13(6-8-20)17(18,19)16(22)23/h3-4,9,13H,5-8,10H2,1-2H3,(H,22,23). The number of halogens is 2. The molecule has 1 N–H and O–H groups in total. The molecule has 0 atom stereocenters. The number of nitrogens with zero attached hydrogens (tertiary/aromatic N) is 1. The molecule has 1 aliphatic rings. The average molecular weight is 341 g/mol. The molecule has 0 saturated carbocycles. The Bertz CT molecular complexity index is 625. The Balaban J connectivity index is 1.86. The van der Waals surface area contributed by atoms with Crippen LogP contribution in [0.3, 0.4) is 0 Å². The monoisotopic (exact) mass is 341 g/mol. The van der Waals surface area contributed by atoms with Gasteiger partial charge in [-0.05, 0) is 38.3 Å². The number of hydrogen-bond donors (Lipinski definition) is 1. The van der Waals surface area contributed by atoms with Crippen molar-refractivity contribution in [1.29, 1.82) is 0 Å². The number of carboxylic acid groups (broad SMARTS) is 1. The molecular formula is C17H21F2NO4. The Labute approximate surface area is 139 Å². The van der Waals surface area contributed by atoms with Crippen LogP contribution in [0.15, 0.2) is 18.2 Å². The molecule has 24 heavy (non-hydrogen) atoms. The Morgan fingerprint density at radius 2 is 1.92 bits per heavy atom. The van der Waals surface area contributed by atoms with Crippen molar-refractivity contribution < 1.29 is 28.2 Å². The van der Waals surface area contributed by atoms with E-state index in [1.807, 2.05) is 26.0 Å². The van der Waals surface area contributed by atoms with Crippen LogP contribution in [0, 0.1) is 19.8 Å². The van der Waals surface area contributed by atoms with Gasteiger partial charge in [-0.25, -0.2) is 4.79 Å². The van der Waals surface area contributed by atoms with Crippen molar-refractivity contribution in [2.24, 2.45) is 5.92 Å². The number of benzene rings is 1. The lowest BCUT2D eigenvalue weighted by molar-refractivity contribution is -0.176. The highest BCUT2D eigenvalue weighted by Crippen LogP contribution is 2.33. The fraction of sp³-hybridized carbons (Fsp3) is 0.529. The van der Waals surface area contributed by atoms with E-state index in [9.17, 15) is 18.4 Å². The quantitative estimate of drug-likeness (QED) is 0.894. The van der Waals surface area contributed by atoms with Crippen molar-refractivity contribution in [3.8, 4) is 5.75 Å². The number of aliphatic carboxylic acids is 1. The number of piperidine rings is 1. The molecule has 1 aliphatic heterocycles. The smallest absolute Gasteiger partial charge is 0.374 e. The molecule has 1 aromatic carbocycles. The molecule has 1 amide bonds. The normalized spacial score (nSPS) is 16.1. The minimum Gasteiger partial charge on any atom is -0.484 e. The van der Waals surface area contributed by atoms with Crippen molar-refractivity contribution in [3.63, 3.8) is 0 Å². The molecule has 7 heteroatoms. The van der Waals surface area contributed by atoms with Crippen molar-refractivity contribution in [2.75, 3.05) is 19.7 Å². The molecule has 5 nitrogen and oxygen atoms in total. The second-order valence-electron chi connectivity index (χ2n) is 6.14. The van der Waals surface area contributed by atoms with Gasteiger partial charge in [-0.1, -0.05) is 17.7 Å². The van der Waals surface area contributed by atoms with Crippen molar-refractivity contribution in [1.82, 2.24) is 4.90 Å². The van der Waals surface area contributed by atoms with Gasteiger partial charge in [0.05, 0.1) is 0 Å². The Morgan fingerprint density at radius 1 is 1.29 bits per heavy atom. The number of amides is 1. The largest absolute Gasteiger partial charge is 0.484 e. The molecule has 0 radical (unpaired) electrons. The summed E-state index contributed by atoms with van der Waals surface area (Å²) in [7, 11) is 0. The molecular weight excluding hydrogens is 320 g/mol. The summed E-state index contributed by atoms with van der Waals surface area (Å²) in [6.45, 7) is 3.90. The molecule has 1 aromatic rings. The Kier molecular flexibility index (Phi) is 5.41. The summed E-state index contributed by atoms with van der Waals surface area (Å²) >= 11 is 0. The van der Waals surface area contributed by atoms with E-state index >= 15 is 0 Å². The number of rotatable bonds is 5. The van der Waals surface area contributed by atoms with E-state index in [1.54, 1.807) is 6.07 Å². The van der Waals surface area contributed by atoms with Crippen LogP contribution < -0.4 is 4.74 Å². The molecule has 0 aliphatic carbocycles. The van der Waals surface area contributed by atoms with Gasteiger partial charge in [0.2, 0.25) is 0 Å². The van der Waals surface area contributed by atoms with E-state index in [2.05, 4.69) is 0 Å². The SMILES string of the molecule is Cc1ccc(OCC(=O)N2CCC(C(F)(F)C(=O)O)CC2)c(C)c1. The first kappa shape index (κ1) is 18.2. The average Bonchev–Trinajstić information content (AvgIpc) is 2.53. The predicted molar refractivity (Wildman–Crippen MR) is 83.3 cm³/mol. The maximum absolute atomic E-state index is 13.5. The van der Waals surface area contributed by atoms with Crippen LogP contribution in [0.1, 0.15) is 24.0 Å². The van der Waals surface area contributed by atoms with Gasteiger partial charge in [-0.2, -0.15) is 8.78 Å². The number of likely N-dealkylation sites (tertiary alicyclic amines) is 1. The first-order valence-electron chi connectivity index (χ1n) is 7.81. The molecule has 0 unspecified atom stereocenters. The van der Waals surface area contributed by atoms with Gasteiger partial charge in [-0.15, -0.1) is 0 Å². The van der Waals surface area contributed by atoms with Crippen LogP contribution in [0.4, 0.5) is 8.78 Å². The van der Waals surface area contributed by atoms with Gasteiger partial charge in [-0.3, -0.25) is 4.79 Å². The van der Waals surface area contributed by atoms with Crippen LogP contribution >= 0.6 is 0 Å². The highest BCUT2D eigenvalue weighted by Gasteiger charge is 2.48. The lowest BCUT2D eigenvalue weighted by Crippen LogP contribution is -2.47. The summed E-state index contributed by atoms with van der Waals surface area (Å²) in [5.41, 5.74) is 2.01. The summed E-state index contributed by atoms with van der Waals surface area (Å²) in [6.07, 6.45) is -0.0663. The maximum Gasteiger partial charge on any atom is 0.374 e. The number of hydrogen-bond acceptors (Lipinski definition) is 3. The van der Waals surface area contributed by atoms with E-state index in [1.165, 1.54) is 4.90 Å². The van der Waals surface area contributed by atoms with Crippen molar-refractivity contribution in [2.45, 2.75) is 32.6 Å². The molecule has 1 heterocycles. The zero-order valence-electron chi connectivity index (χ0n) is 13.7. The third-order valence-corrected chi connectivity index (χ3v) is 4.33. The van der Waals surface area contributed by atoms with Gasteiger partial charge < -0.3 is 14.7 Å². The van der Waals surface area contributed by atoms with E-state index in [4.69, 9.17) is 9.84 Å². The van der Waals surface area contributed by atoms with Crippen LogP contribution in [-0.2, 0) is 9.59 Å². The van der Waals surface area contributed by atoms with Gasteiger partial charge in [0.15, 0.2) is 6.61 Å². The zero-order valence-corrected chi connectivity index (χ0v) is 13.7. The number of alkyl halides is 2. The van der Waals surface area contributed by atoms with Gasteiger partial charge in [0.1, 0.15) is 5.75 Å². The van der Waals surface area contributed by atoms with E-state index in [-0.39, 0.29) is 38.4 Å². The fourth-order valence-electron chi connectivity index (χ4n) is 2.86. The minimum atomic E-state index is -3.75. The van der Waals surface area contributed by atoms with Crippen LogP contribution in [-0.4, -0.2) is 47.5 Å². The van der Waals surface area contributed by atoms with E-state index < -0.39 is 17.8 Å². The minimum absolute atomic E-state index is 0.0331. The van der Waals surface area contributed by atoms with E-state index in [0.29, 0.717) is 5.75 Å². The summed E-state index contributed by atoms with van der Waals surface area (Å²) in [6, 6.07) is 5.61. The van der Waals surface area contributed by atoms with Crippen LogP contribution in [0.2, 0.25) is 0 Å². The highest BCUT2D eigenvalue weighted by atomic mass is 19.3. The maximum atomic E-state index is 13.5. The molecule has 132 valence electrons. The first-order valence-corrected chi connectivity index (χ1v) is 7.81. The molecule has 0 aromatic heterocycles. The summed E-state index contributed by atoms with van der Waals surface area (Å²) in [5, 5.41) is 8.57. The van der Waals surface area contributed by atoms with Crippen molar-refractivity contribution in [3.05, 3.63) is 29.3 Å². The number of carboxylic acids is 1. The third-order valence-electron chi connectivity index (χ3n) is 4.33.